The Kier molecular flexibility index (Phi) is 6.35. The highest BCUT2D eigenvalue weighted by Crippen LogP contribution is 2.16. The summed E-state index contributed by atoms with van der Waals surface area (Å²) in [7, 11) is 1.65. The van der Waals surface area contributed by atoms with E-state index in [2.05, 4.69) is 5.32 Å². The SMILES string of the molecule is COc1ccc(CCCNC(=O)Cc2csc(C(C)=O)c2)cc1. The zero-order valence-electron chi connectivity index (χ0n) is 13.4. The largest absolute Gasteiger partial charge is 0.497 e. The van der Waals surface area contributed by atoms with Crippen LogP contribution in [0.4, 0.5) is 0 Å². The van der Waals surface area contributed by atoms with Crippen LogP contribution in [0.3, 0.4) is 0 Å². The molecule has 1 aromatic carbocycles. The summed E-state index contributed by atoms with van der Waals surface area (Å²) < 4.78 is 5.12. The van der Waals surface area contributed by atoms with Crippen LogP contribution in [-0.2, 0) is 17.6 Å². The van der Waals surface area contributed by atoms with E-state index in [1.807, 2.05) is 29.6 Å². The number of aryl methyl sites for hydroxylation is 1. The van der Waals surface area contributed by atoms with E-state index >= 15 is 0 Å². The van der Waals surface area contributed by atoms with Gasteiger partial charge >= 0.3 is 0 Å². The molecule has 0 unspecified atom stereocenters. The van der Waals surface area contributed by atoms with Gasteiger partial charge in [0.1, 0.15) is 5.75 Å². The first-order valence-electron chi connectivity index (χ1n) is 7.56. The smallest absolute Gasteiger partial charge is 0.224 e. The van der Waals surface area contributed by atoms with Gasteiger partial charge in [-0.05, 0) is 54.5 Å². The van der Waals surface area contributed by atoms with Crippen molar-refractivity contribution < 1.29 is 14.3 Å². The van der Waals surface area contributed by atoms with Crippen molar-refractivity contribution in [3.63, 3.8) is 0 Å². The summed E-state index contributed by atoms with van der Waals surface area (Å²) in [4.78, 5) is 23.8. The van der Waals surface area contributed by atoms with Crippen molar-refractivity contribution in [2.75, 3.05) is 13.7 Å². The molecule has 0 saturated carbocycles. The fraction of sp³-hybridized carbons (Fsp3) is 0.333. The van der Waals surface area contributed by atoms with E-state index in [0.717, 1.165) is 24.2 Å². The van der Waals surface area contributed by atoms with Gasteiger partial charge in [0.25, 0.3) is 0 Å². The monoisotopic (exact) mass is 331 g/mol. The lowest BCUT2D eigenvalue weighted by Crippen LogP contribution is -2.26. The van der Waals surface area contributed by atoms with Crippen LogP contribution < -0.4 is 10.1 Å². The number of methoxy groups -OCH3 is 1. The van der Waals surface area contributed by atoms with Gasteiger partial charge in [0.2, 0.25) is 5.91 Å². The molecule has 0 spiro atoms. The minimum Gasteiger partial charge on any atom is -0.497 e. The third-order valence-electron chi connectivity index (χ3n) is 3.49. The molecule has 0 aliphatic heterocycles. The highest BCUT2D eigenvalue weighted by atomic mass is 32.1. The Morgan fingerprint density at radius 3 is 2.52 bits per heavy atom. The van der Waals surface area contributed by atoms with Crippen LogP contribution in [0.15, 0.2) is 35.7 Å². The van der Waals surface area contributed by atoms with Crippen LogP contribution >= 0.6 is 11.3 Å². The number of rotatable bonds is 8. The Hall–Kier alpha value is -2.14. The van der Waals surface area contributed by atoms with Crippen molar-refractivity contribution in [2.45, 2.75) is 26.2 Å². The number of amides is 1. The maximum Gasteiger partial charge on any atom is 0.224 e. The van der Waals surface area contributed by atoms with Crippen molar-refractivity contribution in [3.05, 3.63) is 51.7 Å². The molecule has 1 N–H and O–H groups in total. The number of ketones is 1. The lowest BCUT2D eigenvalue weighted by molar-refractivity contribution is -0.120. The third kappa shape index (κ3) is 5.53. The minimum absolute atomic E-state index is 0.00682. The summed E-state index contributed by atoms with van der Waals surface area (Å²) in [6, 6.07) is 9.75. The molecular weight excluding hydrogens is 310 g/mol. The van der Waals surface area contributed by atoms with Gasteiger partial charge in [0, 0.05) is 6.54 Å². The predicted octanol–water partition coefficient (Wildman–Crippen LogP) is 3.25. The Morgan fingerprint density at radius 1 is 1.17 bits per heavy atom. The highest BCUT2D eigenvalue weighted by molar-refractivity contribution is 7.12. The van der Waals surface area contributed by atoms with Crippen molar-refractivity contribution >= 4 is 23.0 Å². The maximum atomic E-state index is 11.9. The van der Waals surface area contributed by atoms with E-state index in [1.54, 1.807) is 13.2 Å². The first kappa shape index (κ1) is 17.2. The zero-order chi connectivity index (χ0) is 16.7. The van der Waals surface area contributed by atoms with Gasteiger partial charge in [-0.15, -0.1) is 11.3 Å². The normalized spacial score (nSPS) is 10.3. The third-order valence-corrected chi connectivity index (χ3v) is 4.57. The maximum absolute atomic E-state index is 11.9. The fourth-order valence-corrected chi connectivity index (χ4v) is 3.03. The number of carbonyl (C=O) groups is 2. The molecule has 1 aromatic heterocycles. The van der Waals surface area contributed by atoms with Crippen molar-refractivity contribution in [1.82, 2.24) is 5.32 Å². The van der Waals surface area contributed by atoms with E-state index < -0.39 is 0 Å². The van der Waals surface area contributed by atoms with Crippen LogP contribution in [0.5, 0.6) is 5.75 Å². The molecule has 2 rings (SSSR count). The molecule has 1 amide bonds. The molecule has 0 fully saturated rings. The van der Waals surface area contributed by atoms with Gasteiger partial charge < -0.3 is 10.1 Å². The molecule has 23 heavy (non-hydrogen) atoms. The standard InChI is InChI=1S/C18H21NO3S/c1-13(20)17-10-15(12-23-17)11-18(21)19-9-3-4-14-5-7-16(22-2)8-6-14/h5-8,10,12H,3-4,9,11H2,1-2H3,(H,19,21). The molecule has 2 aromatic rings. The second-order valence-electron chi connectivity index (χ2n) is 5.35. The Morgan fingerprint density at radius 2 is 1.91 bits per heavy atom. The molecule has 0 aliphatic rings. The van der Waals surface area contributed by atoms with Gasteiger partial charge in [-0.25, -0.2) is 0 Å². The van der Waals surface area contributed by atoms with E-state index in [-0.39, 0.29) is 11.7 Å². The summed E-state index contributed by atoms with van der Waals surface area (Å²) in [5, 5.41) is 4.79. The summed E-state index contributed by atoms with van der Waals surface area (Å²) in [5.74, 6) is 0.886. The predicted molar refractivity (Wildman–Crippen MR) is 92.4 cm³/mol. The first-order chi connectivity index (χ1) is 11.1. The summed E-state index contributed by atoms with van der Waals surface area (Å²) >= 11 is 1.39. The van der Waals surface area contributed by atoms with Gasteiger partial charge in [-0.1, -0.05) is 12.1 Å². The molecule has 0 bridgehead atoms. The Balaban J connectivity index is 1.68. The summed E-state index contributed by atoms with van der Waals surface area (Å²) in [6.45, 7) is 2.18. The zero-order valence-corrected chi connectivity index (χ0v) is 14.2. The molecule has 0 radical (unpaired) electrons. The van der Waals surface area contributed by atoms with E-state index in [4.69, 9.17) is 4.74 Å². The molecule has 1 heterocycles. The number of carbonyl (C=O) groups excluding carboxylic acids is 2. The summed E-state index contributed by atoms with van der Waals surface area (Å²) in [5.41, 5.74) is 2.12. The van der Waals surface area contributed by atoms with Crippen molar-refractivity contribution in [2.24, 2.45) is 0 Å². The quantitative estimate of drug-likeness (QED) is 0.597. The molecule has 4 nitrogen and oxygen atoms in total. The summed E-state index contributed by atoms with van der Waals surface area (Å²) in [6.07, 6.45) is 2.13. The minimum atomic E-state index is -0.00682. The molecule has 0 aliphatic carbocycles. The number of thiophene rings is 1. The highest BCUT2D eigenvalue weighted by Gasteiger charge is 2.08. The van der Waals surface area contributed by atoms with Crippen LogP contribution in [0.2, 0.25) is 0 Å². The molecule has 122 valence electrons. The fourth-order valence-electron chi connectivity index (χ4n) is 2.21. The number of ether oxygens (including phenoxy) is 1. The molecule has 0 atom stereocenters. The second-order valence-corrected chi connectivity index (χ2v) is 6.26. The van der Waals surface area contributed by atoms with E-state index in [0.29, 0.717) is 17.8 Å². The lowest BCUT2D eigenvalue weighted by atomic mass is 10.1. The van der Waals surface area contributed by atoms with Crippen LogP contribution in [0.25, 0.3) is 0 Å². The number of hydrogen-bond acceptors (Lipinski definition) is 4. The van der Waals surface area contributed by atoms with E-state index in [9.17, 15) is 9.59 Å². The van der Waals surface area contributed by atoms with Gasteiger partial charge in [0.05, 0.1) is 18.4 Å². The van der Waals surface area contributed by atoms with Gasteiger partial charge in [0.15, 0.2) is 5.78 Å². The average molecular weight is 331 g/mol. The molecule has 5 heteroatoms. The van der Waals surface area contributed by atoms with Crippen LogP contribution in [0.1, 0.15) is 34.1 Å². The van der Waals surface area contributed by atoms with Gasteiger partial charge in [-0.3, -0.25) is 9.59 Å². The Bertz CT molecular complexity index is 661. The first-order valence-corrected chi connectivity index (χ1v) is 8.44. The lowest BCUT2D eigenvalue weighted by Gasteiger charge is -2.05. The average Bonchev–Trinajstić information content (AvgIpc) is 3.01. The number of hydrogen-bond donors (Lipinski definition) is 1. The number of Topliss-reactive ketones (excluding diaryl/α,β-unsaturated/α-hetero) is 1. The van der Waals surface area contributed by atoms with Gasteiger partial charge in [-0.2, -0.15) is 0 Å². The Labute approximate surface area is 140 Å². The topological polar surface area (TPSA) is 55.4 Å². The number of benzene rings is 1. The van der Waals surface area contributed by atoms with Crippen molar-refractivity contribution in [3.8, 4) is 5.75 Å². The van der Waals surface area contributed by atoms with Crippen LogP contribution in [0, 0.1) is 0 Å². The van der Waals surface area contributed by atoms with Crippen LogP contribution in [-0.4, -0.2) is 25.3 Å². The second kappa shape index (κ2) is 8.48. The molecule has 0 saturated heterocycles. The van der Waals surface area contributed by atoms with Crippen molar-refractivity contribution in [1.29, 1.82) is 0 Å². The number of nitrogens with one attached hydrogen (secondary N) is 1. The molecular formula is C18H21NO3S. The van der Waals surface area contributed by atoms with E-state index in [1.165, 1.54) is 23.8 Å².